The third-order valence-electron chi connectivity index (χ3n) is 5.05. The van der Waals surface area contributed by atoms with Crippen LogP contribution in [0.15, 0.2) is 24.3 Å². The van der Waals surface area contributed by atoms with E-state index in [-0.39, 0.29) is 17.7 Å². The van der Waals surface area contributed by atoms with Crippen LogP contribution < -0.4 is 4.90 Å². The molecule has 23 heavy (non-hydrogen) atoms. The second kappa shape index (κ2) is 7.16. The van der Waals surface area contributed by atoms with Crippen molar-refractivity contribution in [3.63, 3.8) is 0 Å². The third kappa shape index (κ3) is 3.57. The molecule has 4 heteroatoms. The van der Waals surface area contributed by atoms with Gasteiger partial charge in [-0.15, -0.1) is 0 Å². The van der Waals surface area contributed by atoms with Crippen molar-refractivity contribution in [1.29, 1.82) is 0 Å². The van der Waals surface area contributed by atoms with Gasteiger partial charge in [0.2, 0.25) is 11.8 Å². The van der Waals surface area contributed by atoms with Crippen LogP contribution in [0.5, 0.6) is 0 Å². The molecule has 3 rings (SSSR count). The van der Waals surface area contributed by atoms with Gasteiger partial charge in [-0.05, 0) is 37.0 Å². The SMILES string of the molecule is CCc1ccc(N2C[C@H](C(=O)N3CCCCCC3)CC2=O)cc1. The van der Waals surface area contributed by atoms with E-state index in [1.165, 1.54) is 18.4 Å². The van der Waals surface area contributed by atoms with Crippen LogP contribution in [0.3, 0.4) is 0 Å². The van der Waals surface area contributed by atoms with Gasteiger partial charge in [-0.1, -0.05) is 31.9 Å². The fraction of sp³-hybridized carbons (Fsp3) is 0.579. The second-order valence-electron chi connectivity index (χ2n) is 6.66. The molecule has 0 radical (unpaired) electrons. The molecule has 124 valence electrons. The molecule has 2 saturated heterocycles. The van der Waals surface area contributed by atoms with Gasteiger partial charge >= 0.3 is 0 Å². The molecule has 2 heterocycles. The highest BCUT2D eigenvalue weighted by molar-refractivity contribution is 6.00. The average Bonchev–Trinajstić information content (AvgIpc) is 2.79. The predicted octanol–water partition coefficient (Wildman–Crippen LogP) is 3.00. The Balaban J connectivity index is 1.67. The van der Waals surface area contributed by atoms with Gasteiger partial charge in [0.05, 0.1) is 5.92 Å². The maximum Gasteiger partial charge on any atom is 0.228 e. The summed E-state index contributed by atoms with van der Waals surface area (Å²) < 4.78 is 0. The molecular formula is C19H26N2O2. The number of aryl methyl sites for hydroxylation is 1. The van der Waals surface area contributed by atoms with Crippen molar-refractivity contribution in [1.82, 2.24) is 4.90 Å². The van der Waals surface area contributed by atoms with Crippen molar-refractivity contribution in [2.75, 3.05) is 24.5 Å². The summed E-state index contributed by atoms with van der Waals surface area (Å²) >= 11 is 0. The van der Waals surface area contributed by atoms with Crippen molar-refractivity contribution in [3.8, 4) is 0 Å². The molecule has 4 nitrogen and oxygen atoms in total. The van der Waals surface area contributed by atoms with E-state index in [1.807, 2.05) is 17.0 Å². The van der Waals surface area contributed by atoms with Crippen LogP contribution in [-0.2, 0) is 16.0 Å². The van der Waals surface area contributed by atoms with Gasteiger partial charge in [0, 0.05) is 31.7 Å². The number of benzene rings is 1. The largest absolute Gasteiger partial charge is 0.342 e. The number of anilines is 1. The molecule has 2 aliphatic rings. The number of hydrogen-bond donors (Lipinski definition) is 0. The fourth-order valence-corrected chi connectivity index (χ4v) is 3.58. The molecule has 1 atom stereocenters. The average molecular weight is 314 g/mol. The molecule has 1 aromatic rings. The lowest BCUT2D eigenvalue weighted by molar-refractivity contribution is -0.135. The van der Waals surface area contributed by atoms with Crippen LogP contribution in [-0.4, -0.2) is 36.3 Å². The van der Waals surface area contributed by atoms with Crippen molar-refractivity contribution in [3.05, 3.63) is 29.8 Å². The highest BCUT2D eigenvalue weighted by Crippen LogP contribution is 2.27. The van der Waals surface area contributed by atoms with Gasteiger partial charge in [0.15, 0.2) is 0 Å². The van der Waals surface area contributed by atoms with E-state index in [2.05, 4.69) is 19.1 Å². The molecule has 0 aromatic heterocycles. The monoisotopic (exact) mass is 314 g/mol. The van der Waals surface area contributed by atoms with E-state index in [0.29, 0.717) is 13.0 Å². The van der Waals surface area contributed by atoms with Crippen LogP contribution >= 0.6 is 0 Å². The van der Waals surface area contributed by atoms with Crippen LogP contribution in [0, 0.1) is 5.92 Å². The normalized spacial score (nSPS) is 22.3. The minimum Gasteiger partial charge on any atom is -0.342 e. The van der Waals surface area contributed by atoms with Crippen LogP contribution in [0.1, 0.15) is 44.6 Å². The number of likely N-dealkylation sites (tertiary alicyclic amines) is 1. The van der Waals surface area contributed by atoms with Crippen molar-refractivity contribution in [2.24, 2.45) is 5.92 Å². The first-order valence-electron chi connectivity index (χ1n) is 8.87. The number of carbonyl (C=O) groups is 2. The minimum atomic E-state index is -0.175. The summed E-state index contributed by atoms with van der Waals surface area (Å²) in [5, 5.41) is 0. The Hall–Kier alpha value is -1.84. The van der Waals surface area contributed by atoms with E-state index < -0.39 is 0 Å². The molecule has 0 aliphatic carbocycles. The molecule has 1 aromatic carbocycles. The summed E-state index contributed by atoms with van der Waals surface area (Å²) in [5.41, 5.74) is 2.18. The quantitative estimate of drug-likeness (QED) is 0.860. The fourth-order valence-electron chi connectivity index (χ4n) is 3.58. The van der Waals surface area contributed by atoms with Crippen LogP contribution in [0.25, 0.3) is 0 Å². The standard InChI is InChI=1S/C19H26N2O2/c1-2-15-7-9-17(10-8-15)21-14-16(13-18(21)22)19(23)20-11-5-3-4-6-12-20/h7-10,16H,2-6,11-14H2,1H3/t16-/m1/s1. The Labute approximate surface area is 138 Å². The van der Waals surface area contributed by atoms with Gasteiger partial charge in [-0.2, -0.15) is 0 Å². The number of nitrogens with zero attached hydrogens (tertiary/aromatic N) is 2. The summed E-state index contributed by atoms with van der Waals surface area (Å²) in [6, 6.07) is 8.12. The van der Waals surface area contributed by atoms with E-state index in [1.54, 1.807) is 4.90 Å². The number of rotatable bonds is 3. The van der Waals surface area contributed by atoms with E-state index in [4.69, 9.17) is 0 Å². The molecule has 0 N–H and O–H groups in total. The molecule has 2 fully saturated rings. The van der Waals surface area contributed by atoms with E-state index in [0.717, 1.165) is 38.0 Å². The van der Waals surface area contributed by atoms with Gasteiger partial charge in [0.25, 0.3) is 0 Å². The zero-order valence-corrected chi connectivity index (χ0v) is 14.0. The van der Waals surface area contributed by atoms with Crippen molar-refractivity contribution in [2.45, 2.75) is 45.4 Å². The number of hydrogen-bond acceptors (Lipinski definition) is 2. The summed E-state index contributed by atoms with van der Waals surface area (Å²) in [6.45, 7) is 4.36. The molecule has 2 amide bonds. The van der Waals surface area contributed by atoms with Gasteiger partial charge in [-0.25, -0.2) is 0 Å². The Bertz CT molecular complexity index is 559. The van der Waals surface area contributed by atoms with Gasteiger partial charge in [-0.3, -0.25) is 9.59 Å². The first kappa shape index (κ1) is 16.0. The lowest BCUT2D eigenvalue weighted by Crippen LogP contribution is -2.38. The summed E-state index contributed by atoms with van der Waals surface area (Å²) in [5.74, 6) is 0.0711. The molecule has 0 saturated carbocycles. The first-order chi connectivity index (χ1) is 11.2. The maximum atomic E-state index is 12.7. The molecule has 2 aliphatic heterocycles. The Kier molecular flexibility index (Phi) is 4.99. The van der Waals surface area contributed by atoms with Crippen molar-refractivity contribution < 1.29 is 9.59 Å². The summed E-state index contributed by atoms with van der Waals surface area (Å²) in [4.78, 5) is 28.8. The minimum absolute atomic E-state index is 0.0717. The lowest BCUT2D eigenvalue weighted by atomic mass is 10.1. The molecular weight excluding hydrogens is 288 g/mol. The Morgan fingerprint density at radius 1 is 1.09 bits per heavy atom. The van der Waals surface area contributed by atoms with Crippen LogP contribution in [0.4, 0.5) is 5.69 Å². The highest BCUT2D eigenvalue weighted by atomic mass is 16.2. The second-order valence-corrected chi connectivity index (χ2v) is 6.66. The Morgan fingerprint density at radius 2 is 1.74 bits per heavy atom. The van der Waals surface area contributed by atoms with Crippen molar-refractivity contribution >= 4 is 17.5 Å². The summed E-state index contributed by atoms with van der Waals surface area (Å²) in [6.07, 6.45) is 5.95. The van der Waals surface area contributed by atoms with Gasteiger partial charge < -0.3 is 9.80 Å². The molecule has 0 unspecified atom stereocenters. The third-order valence-corrected chi connectivity index (χ3v) is 5.05. The highest BCUT2D eigenvalue weighted by Gasteiger charge is 2.37. The lowest BCUT2D eigenvalue weighted by Gasteiger charge is -2.24. The number of carbonyl (C=O) groups excluding carboxylic acids is 2. The molecule has 0 spiro atoms. The topological polar surface area (TPSA) is 40.6 Å². The predicted molar refractivity (Wildman–Crippen MR) is 91.3 cm³/mol. The smallest absolute Gasteiger partial charge is 0.228 e. The number of amides is 2. The van der Waals surface area contributed by atoms with E-state index in [9.17, 15) is 9.59 Å². The zero-order chi connectivity index (χ0) is 16.2. The maximum absolute atomic E-state index is 12.7. The zero-order valence-electron chi connectivity index (χ0n) is 14.0. The molecule has 0 bridgehead atoms. The van der Waals surface area contributed by atoms with Crippen LogP contribution in [0.2, 0.25) is 0 Å². The Morgan fingerprint density at radius 3 is 2.35 bits per heavy atom. The first-order valence-corrected chi connectivity index (χ1v) is 8.87. The van der Waals surface area contributed by atoms with Gasteiger partial charge in [0.1, 0.15) is 0 Å². The summed E-state index contributed by atoms with van der Waals surface area (Å²) in [7, 11) is 0. The van der Waals surface area contributed by atoms with E-state index >= 15 is 0 Å².